The van der Waals surface area contributed by atoms with Crippen molar-refractivity contribution in [2.45, 2.75) is 32.2 Å². The quantitative estimate of drug-likeness (QED) is 0.608. The van der Waals surface area contributed by atoms with Crippen molar-refractivity contribution in [3.8, 4) is 6.07 Å². The minimum Gasteiger partial charge on any atom is -0.335 e. The summed E-state index contributed by atoms with van der Waals surface area (Å²) in [5.74, 6) is -0.231. The Labute approximate surface area is 116 Å². The molecule has 0 spiro atoms. The lowest BCUT2D eigenvalue weighted by molar-refractivity contribution is -0.385. The van der Waals surface area contributed by atoms with Crippen LogP contribution in [-0.2, 0) is 0 Å². The minimum absolute atomic E-state index is 0.0492. The number of rotatable bonds is 5. The molecule has 0 bridgehead atoms. The van der Waals surface area contributed by atoms with Gasteiger partial charge in [0.2, 0.25) is 0 Å². The van der Waals surface area contributed by atoms with Crippen molar-refractivity contribution in [2.75, 3.05) is 6.54 Å². The molecule has 0 saturated heterocycles. The van der Waals surface area contributed by atoms with E-state index in [-0.39, 0.29) is 24.1 Å². The summed E-state index contributed by atoms with van der Waals surface area (Å²) in [7, 11) is 0. The Morgan fingerprint density at radius 1 is 1.55 bits per heavy atom. The van der Waals surface area contributed by atoms with Crippen LogP contribution in [0.15, 0.2) is 18.2 Å². The molecule has 0 atom stereocenters. The largest absolute Gasteiger partial charge is 0.335 e. The third-order valence-electron chi connectivity index (χ3n) is 3.37. The predicted octanol–water partition coefficient (Wildman–Crippen LogP) is 2.42. The summed E-state index contributed by atoms with van der Waals surface area (Å²) < 4.78 is 0. The number of nitro groups is 1. The van der Waals surface area contributed by atoms with E-state index in [9.17, 15) is 14.9 Å². The van der Waals surface area contributed by atoms with Crippen molar-refractivity contribution in [3.05, 3.63) is 39.4 Å². The first kappa shape index (κ1) is 14.0. The van der Waals surface area contributed by atoms with E-state index in [1.807, 2.05) is 6.07 Å². The van der Waals surface area contributed by atoms with E-state index >= 15 is 0 Å². The van der Waals surface area contributed by atoms with Gasteiger partial charge in [0.15, 0.2) is 0 Å². The van der Waals surface area contributed by atoms with Crippen molar-refractivity contribution >= 4 is 11.6 Å². The lowest BCUT2D eigenvalue weighted by Crippen LogP contribution is -2.33. The number of nitrogens with zero attached hydrogens (tertiary/aromatic N) is 3. The summed E-state index contributed by atoms with van der Waals surface area (Å²) in [5.41, 5.74) is 0.792. The molecule has 0 unspecified atom stereocenters. The maximum absolute atomic E-state index is 12.4. The first-order chi connectivity index (χ1) is 9.54. The molecule has 2 rings (SSSR count). The van der Waals surface area contributed by atoms with Crippen LogP contribution in [0, 0.1) is 28.4 Å². The first-order valence-corrected chi connectivity index (χ1v) is 6.47. The molecular formula is C14H15N3O3. The van der Waals surface area contributed by atoms with Gasteiger partial charge in [-0.05, 0) is 25.8 Å². The van der Waals surface area contributed by atoms with Gasteiger partial charge in [0.1, 0.15) is 0 Å². The van der Waals surface area contributed by atoms with Crippen molar-refractivity contribution < 1.29 is 9.72 Å². The normalized spacial score (nSPS) is 13.6. The van der Waals surface area contributed by atoms with Gasteiger partial charge in [-0.15, -0.1) is 0 Å². The number of benzene rings is 1. The lowest BCUT2D eigenvalue weighted by atomic mass is 10.1. The topological polar surface area (TPSA) is 87.2 Å². The van der Waals surface area contributed by atoms with Crippen molar-refractivity contribution in [1.82, 2.24) is 4.90 Å². The summed E-state index contributed by atoms with van der Waals surface area (Å²) in [6.45, 7) is 2.02. The second-order valence-corrected chi connectivity index (χ2v) is 4.90. The Balaban J connectivity index is 2.25. The Bertz CT molecular complexity index is 588. The Morgan fingerprint density at radius 2 is 2.25 bits per heavy atom. The van der Waals surface area contributed by atoms with Crippen molar-refractivity contribution in [1.29, 1.82) is 5.26 Å². The van der Waals surface area contributed by atoms with Gasteiger partial charge in [-0.3, -0.25) is 14.9 Å². The third kappa shape index (κ3) is 2.94. The van der Waals surface area contributed by atoms with Gasteiger partial charge in [-0.1, -0.05) is 6.07 Å². The molecule has 0 heterocycles. The summed E-state index contributed by atoms with van der Waals surface area (Å²) in [6, 6.07) is 6.71. The number of amides is 1. The van der Waals surface area contributed by atoms with Crippen LogP contribution < -0.4 is 0 Å². The van der Waals surface area contributed by atoms with Crippen LogP contribution in [0.2, 0.25) is 0 Å². The van der Waals surface area contributed by atoms with E-state index in [1.54, 1.807) is 24.0 Å². The molecule has 0 aromatic heterocycles. The highest BCUT2D eigenvalue weighted by molar-refractivity contribution is 5.95. The van der Waals surface area contributed by atoms with Crippen molar-refractivity contribution in [2.24, 2.45) is 0 Å². The molecule has 1 fully saturated rings. The van der Waals surface area contributed by atoms with Gasteiger partial charge < -0.3 is 4.90 Å². The Hall–Kier alpha value is -2.42. The first-order valence-electron chi connectivity index (χ1n) is 6.47. The van der Waals surface area contributed by atoms with Crippen LogP contribution >= 0.6 is 0 Å². The second-order valence-electron chi connectivity index (χ2n) is 4.90. The molecule has 0 N–H and O–H groups in total. The highest BCUT2D eigenvalue weighted by Crippen LogP contribution is 2.29. The van der Waals surface area contributed by atoms with E-state index in [4.69, 9.17) is 5.26 Å². The standard InChI is InChI=1S/C14H15N3O3/c1-10-3-4-11(9-13(10)17(19)20)14(18)16(8-2-7-15)12-5-6-12/h3-4,9,12H,2,5-6,8H2,1H3. The molecule has 1 aliphatic carbocycles. The van der Waals surface area contributed by atoms with Gasteiger partial charge in [0, 0.05) is 29.8 Å². The van der Waals surface area contributed by atoms with E-state index in [1.165, 1.54) is 6.07 Å². The molecule has 20 heavy (non-hydrogen) atoms. The van der Waals surface area contributed by atoms with Crippen LogP contribution in [-0.4, -0.2) is 28.3 Å². The fourth-order valence-corrected chi connectivity index (χ4v) is 2.11. The molecule has 6 nitrogen and oxygen atoms in total. The Morgan fingerprint density at radius 3 is 2.80 bits per heavy atom. The number of nitro benzene ring substituents is 1. The van der Waals surface area contributed by atoms with Gasteiger partial charge in [-0.2, -0.15) is 5.26 Å². The van der Waals surface area contributed by atoms with Crippen LogP contribution in [0.5, 0.6) is 0 Å². The fourth-order valence-electron chi connectivity index (χ4n) is 2.11. The van der Waals surface area contributed by atoms with Gasteiger partial charge in [0.05, 0.1) is 17.4 Å². The molecule has 0 radical (unpaired) electrons. The minimum atomic E-state index is -0.483. The summed E-state index contributed by atoms with van der Waals surface area (Å²) >= 11 is 0. The second kappa shape index (κ2) is 5.70. The molecule has 1 aromatic carbocycles. The van der Waals surface area contributed by atoms with Gasteiger partial charge in [-0.25, -0.2) is 0 Å². The Kier molecular flexibility index (Phi) is 3.99. The number of hydrogen-bond donors (Lipinski definition) is 0. The molecule has 1 amide bonds. The molecular weight excluding hydrogens is 258 g/mol. The van der Waals surface area contributed by atoms with E-state index in [2.05, 4.69) is 0 Å². The average molecular weight is 273 g/mol. The van der Waals surface area contributed by atoms with Crippen LogP contribution in [0.4, 0.5) is 5.69 Å². The monoisotopic (exact) mass is 273 g/mol. The zero-order chi connectivity index (χ0) is 14.7. The van der Waals surface area contributed by atoms with Crippen LogP contribution in [0.25, 0.3) is 0 Å². The maximum Gasteiger partial charge on any atom is 0.273 e. The molecule has 1 aromatic rings. The van der Waals surface area contributed by atoms with Crippen LogP contribution in [0.1, 0.15) is 35.2 Å². The summed E-state index contributed by atoms with van der Waals surface area (Å²) in [4.78, 5) is 24.5. The maximum atomic E-state index is 12.4. The predicted molar refractivity (Wildman–Crippen MR) is 72.1 cm³/mol. The SMILES string of the molecule is Cc1ccc(C(=O)N(CCC#N)C2CC2)cc1[N+](=O)[O-]. The number of carbonyl (C=O) groups excluding carboxylic acids is 1. The van der Waals surface area contributed by atoms with Crippen molar-refractivity contribution in [3.63, 3.8) is 0 Å². The highest BCUT2D eigenvalue weighted by Gasteiger charge is 2.33. The number of carbonyl (C=O) groups is 1. The highest BCUT2D eigenvalue weighted by atomic mass is 16.6. The number of aryl methyl sites for hydroxylation is 1. The van der Waals surface area contributed by atoms with Gasteiger partial charge in [0.25, 0.3) is 11.6 Å². The lowest BCUT2D eigenvalue weighted by Gasteiger charge is -2.21. The zero-order valence-corrected chi connectivity index (χ0v) is 11.2. The third-order valence-corrected chi connectivity index (χ3v) is 3.37. The fraction of sp³-hybridized carbons (Fsp3) is 0.429. The van der Waals surface area contributed by atoms with E-state index in [0.717, 1.165) is 12.8 Å². The van der Waals surface area contributed by atoms with Gasteiger partial charge >= 0.3 is 0 Å². The molecule has 1 aliphatic rings. The number of nitriles is 1. The average Bonchev–Trinajstić information content (AvgIpc) is 3.23. The molecule has 0 aliphatic heterocycles. The summed E-state index contributed by atoms with van der Waals surface area (Å²) in [6.07, 6.45) is 2.15. The van der Waals surface area contributed by atoms with E-state index in [0.29, 0.717) is 17.7 Å². The summed E-state index contributed by atoms with van der Waals surface area (Å²) in [5, 5.41) is 19.6. The molecule has 104 valence electrons. The number of hydrogen-bond acceptors (Lipinski definition) is 4. The molecule has 1 saturated carbocycles. The smallest absolute Gasteiger partial charge is 0.273 e. The van der Waals surface area contributed by atoms with E-state index < -0.39 is 4.92 Å². The molecule has 6 heteroatoms. The van der Waals surface area contributed by atoms with Crippen LogP contribution in [0.3, 0.4) is 0 Å². The zero-order valence-electron chi connectivity index (χ0n) is 11.2.